The number of benzene rings is 1. The molecule has 0 fully saturated rings. The van der Waals surface area contributed by atoms with Gasteiger partial charge in [0.2, 0.25) is 5.91 Å². The molecule has 0 radical (unpaired) electrons. The number of carbonyl (C=O) groups is 1. The van der Waals surface area contributed by atoms with Crippen molar-refractivity contribution in [3.05, 3.63) is 47.5 Å². The van der Waals surface area contributed by atoms with Crippen molar-refractivity contribution in [1.29, 1.82) is 0 Å². The monoisotopic (exact) mass is 217 g/mol. The second kappa shape index (κ2) is 6.11. The van der Waals surface area contributed by atoms with Crippen molar-refractivity contribution in [1.82, 2.24) is 5.32 Å². The van der Waals surface area contributed by atoms with E-state index in [4.69, 9.17) is 0 Å². The SMILES string of the molecule is C=C(C)CNC(=O)CCc1ccccc1C. The van der Waals surface area contributed by atoms with Crippen LogP contribution in [0.1, 0.15) is 24.5 Å². The van der Waals surface area contributed by atoms with Crippen LogP contribution in [0.4, 0.5) is 0 Å². The predicted octanol–water partition coefficient (Wildman–Crippen LogP) is 2.62. The maximum absolute atomic E-state index is 11.5. The van der Waals surface area contributed by atoms with Crippen LogP contribution >= 0.6 is 0 Å². The van der Waals surface area contributed by atoms with E-state index in [1.54, 1.807) is 0 Å². The summed E-state index contributed by atoms with van der Waals surface area (Å²) in [6.45, 7) is 8.30. The molecule has 0 aliphatic carbocycles. The highest BCUT2D eigenvalue weighted by Crippen LogP contribution is 2.09. The molecule has 0 heterocycles. The molecule has 0 saturated heterocycles. The van der Waals surface area contributed by atoms with Gasteiger partial charge in [-0.2, -0.15) is 0 Å². The van der Waals surface area contributed by atoms with E-state index in [2.05, 4.69) is 31.0 Å². The normalized spacial score (nSPS) is 9.88. The third kappa shape index (κ3) is 4.30. The molecule has 0 unspecified atom stereocenters. The summed E-state index contributed by atoms with van der Waals surface area (Å²) in [7, 11) is 0. The minimum atomic E-state index is 0.0891. The highest BCUT2D eigenvalue weighted by Gasteiger charge is 2.03. The first-order chi connectivity index (χ1) is 7.59. The molecule has 1 aromatic carbocycles. The Bertz CT molecular complexity index is 382. The van der Waals surface area contributed by atoms with E-state index in [1.165, 1.54) is 11.1 Å². The van der Waals surface area contributed by atoms with Gasteiger partial charge < -0.3 is 5.32 Å². The Morgan fingerprint density at radius 1 is 1.38 bits per heavy atom. The first-order valence-electron chi connectivity index (χ1n) is 5.55. The number of nitrogens with one attached hydrogen (secondary N) is 1. The molecule has 1 N–H and O–H groups in total. The van der Waals surface area contributed by atoms with E-state index in [0.29, 0.717) is 13.0 Å². The van der Waals surface area contributed by atoms with E-state index in [0.717, 1.165) is 12.0 Å². The lowest BCUT2D eigenvalue weighted by Gasteiger charge is -2.06. The zero-order valence-corrected chi connectivity index (χ0v) is 10.0. The van der Waals surface area contributed by atoms with Gasteiger partial charge in [0.15, 0.2) is 0 Å². The Morgan fingerprint density at radius 3 is 2.69 bits per heavy atom. The first-order valence-corrected chi connectivity index (χ1v) is 5.55. The molecular weight excluding hydrogens is 198 g/mol. The lowest BCUT2D eigenvalue weighted by molar-refractivity contribution is -0.120. The third-order valence-electron chi connectivity index (χ3n) is 2.47. The lowest BCUT2D eigenvalue weighted by Crippen LogP contribution is -2.25. The van der Waals surface area contributed by atoms with Crippen LogP contribution in [-0.4, -0.2) is 12.5 Å². The Labute approximate surface area is 97.4 Å². The summed E-state index contributed by atoms with van der Waals surface area (Å²) in [5.74, 6) is 0.0891. The molecule has 0 aliphatic rings. The van der Waals surface area contributed by atoms with Gasteiger partial charge in [-0.1, -0.05) is 36.4 Å². The highest BCUT2D eigenvalue weighted by atomic mass is 16.1. The number of amides is 1. The summed E-state index contributed by atoms with van der Waals surface area (Å²) in [5, 5.41) is 2.83. The van der Waals surface area contributed by atoms with Crippen LogP contribution in [-0.2, 0) is 11.2 Å². The average molecular weight is 217 g/mol. The highest BCUT2D eigenvalue weighted by molar-refractivity contribution is 5.76. The maximum atomic E-state index is 11.5. The molecule has 2 heteroatoms. The molecule has 16 heavy (non-hydrogen) atoms. The molecular formula is C14H19NO. The molecule has 0 bridgehead atoms. The van der Waals surface area contributed by atoms with Crippen molar-refractivity contribution in [2.45, 2.75) is 26.7 Å². The van der Waals surface area contributed by atoms with Crippen molar-refractivity contribution in [2.75, 3.05) is 6.54 Å². The predicted molar refractivity (Wildman–Crippen MR) is 67.3 cm³/mol. The third-order valence-corrected chi connectivity index (χ3v) is 2.47. The minimum absolute atomic E-state index is 0.0891. The molecule has 86 valence electrons. The maximum Gasteiger partial charge on any atom is 0.220 e. The first kappa shape index (κ1) is 12.5. The Morgan fingerprint density at radius 2 is 2.06 bits per heavy atom. The van der Waals surface area contributed by atoms with Gasteiger partial charge in [-0.15, -0.1) is 0 Å². The van der Waals surface area contributed by atoms with Gasteiger partial charge in [0, 0.05) is 13.0 Å². The Balaban J connectivity index is 2.37. The van der Waals surface area contributed by atoms with E-state index < -0.39 is 0 Å². The van der Waals surface area contributed by atoms with Crippen LogP contribution in [0.25, 0.3) is 0 Å². The number of aryl methyl sites for hydroxylation is 2. The van der Waals surface area contributed by atoms with E-state index >= 15 is 0 Å². The van der Waals surface area contributed by atoms with Crippen molar-refractivity contribution < 1.29 is 4.79 Å². The molecule has 0 saturated carbocycles. The fourth-order valence-electron chi connectivity index (χ4n) is 1.48. The standard InChI is InChI=1S/C14H19NO/c1-11(2)10-15-14(16)9-8-13-7-5-4-6-12(13)3/h4-7H,1,8-10H2,2-3H3,(H,15,16). The Kier molecular flexibility index (Phi) is 4.77. The molecule has 1 aromatic rings. The summed E-state index contributed by atoms with van der Waals surface area (Å²) >= 11 is 0. The summed E-state index contributed by atoms with van der Waals surface area (Å²) in [6, 6.07) is 8.16. The molecule has 1 rings (SSSR count). The molecule has 0 atom stereocenters. The zero-order chi connectivity index (χ0) is 12.0. The molecule has 0 spiro atoms. The van der Waals surface area contributed by atoms with Gasteiger partial charge in [0.25, 0.3) is 0 Å². The second-order valence-corrected chi connectivity index (χ2v) is 4.16. The average Bonchev–Trinajstić information content (AvgIpc) is 2.25. The fraction of sp³-hybridized carbons (Fsp3) is 0.357. The van der Waals surface area contributed by atoms with Gasteiger partial charge >= 0.3 is 0 Å². The van der Waals surface area contributed by atoms with Crippen LogP contribution in [0.3, 0.4) is 0 Å². The zero-order valence-electron chi connectivity index (χ0n) is 10.0. The van der Waals surface area contributed by atoms with Gasteiger partial charge in [-0.3, -0.25) is 4.79 Å². The van der Waals surface area contributed by atoms with E-state index in [-0.39, 0.29) is 5.91 Å². The molecule has 1 amide bonds. The summed E-state index contributed by atoms with van der Waals surface area (Å²) in [4.78, 5) is 11.5. The Hall–Kier alpha value is -1.57. The topological polar surface area (TPSA) is 29.1 Å². The number of carbonyl (C=O) groups excluding carboxylic acids is 1. The van der Waals surface area contributed by atoms with Crippen LogP contribution in [0.15, 0.2) is 36.4 Å². The minimum Gasteiger partial charge on any atom is -0.352 e. The quantitative estimate of drug-likeness (QED) is 0.755. The number of hydrogen-bond acceptors (Lipinski definition) is 1. The second-order valence-electron chi connectivity index (χ2n) is 4.16. The van der Waals surface area contributed by atoms with Crippen LogP contribution in [0, 0.1) is 6.92 Å². The van der Waals surface area contributed by atoms with Crippen molar-refractivity contribution in [3.63, 3.8) is 0 Å². The summed E-state index contributed by atoms with van der Waals surface area (Å²) in [5.41, 5.74) is 3.47. The van der Waals surface area contributed by atoms with E-state index in [1.807, 2.05) is 19.1 Å². The van der Waals surface area contributed by atoms with Crippen LogP contribution in [0.2, 0.25) is 0 Å². The van der Waals surface area contributed by atoms with Gasteiger partial charge in [0.05, 0.1) is 0 Å². The number of rotatable bonds is 5. The van der Waals surface area contributed by atoms with E-state index in [9.17, 15) is 4.79 Å². The fourth-order valence-corrected chi connectivity index (χ4v) is 1.48. The van der Waals surface area contributed by atoms with Gasteiger partial charge in [0.1, 0.15) is 0 Å². The van der Waals surface area contributed by atoms with Gasteiger partial charge in [-0.05, 0) is 31.4 Å². The molecule has 0 aliphatic heterocycles. The largest absolute Gasteiger partial charge is 0.352 e. The molecule has 0 aromatic heterocycles. The van der Waals surface area contributed by atoms with Crippen LogP contribution < -0.4 is 5.32 Å². The smallest absolute Gasteiger partial charge is 0.220 e. The van der Waals surface area contributed by atoms with Crippen molar-refractivity contribution >= 4 is 5.91 Å². The van der Waals surface area contributed by atoms with Crippen molar-refractivity contribution in [2.24, 2.45) is 0 Å². The van der Waals surface area contributed by atoms with Crippen LogP contribution in [0.5, 0.6) is 0 Å². The summed E-state index contributed by atoms with van der Waals surface area (Å²) < 4.78 is 0. The molecule has 2 nitrogen and oxygen atoms in total. The number of hydrogen-bond donors (Lipinski definition) is 1. The van der Waals surface area contributed by atoms with Gasteiger partial charge in [-0.25, -0.2) is 0 Å². The van der Waals surface area contributed by atoms with Crippen molar-refractivity contribution in [3.8, 4) is 0 Å². The lowest BCUT2D eigenvalue weighted by atomic mass is 10.0. The summed E-state index contributed by atoms with van der Waals surface area (Å²) in [6.07, 6.45) is 1.34.